The van der Waals surface area contributed by atoms with E-state index in [0.29, 0.717) is 12.6 Å². The van der Waals surface area contributed by atoms with Crippen LogP contribution < -0.4 is 4.90 Å². The van der Waals surface area contributed by atoms with Gasteiger partial charge in [0, 0.05) is 51.6 Å². The van der Waals surface area contributed by atoms with Crippen LogP contribution in [0.1, 0.15) is 12.5 Å². The number of fused-ring (bicyclic) bond motifs is 1. The van der Waals surface area contributed by atoms with Gasteiger partial charge in [0.15, 0.2) is 0 Å². The molecule has 2 aliphatic rings. The molecule has 5 heteroatoms. The topological polar surface area (TPSA) is 36.0 Å². The Morgan fingerprint density at radius 3 is 2.87 bits per heavy atom. The number of hydrogen-bond donors (Lipinski definition) is 0. The largest absolute Gasteiger partial charge is 0.383 e. The maximum Gasteiger partial charge on any atom is 0.241 e. The minimum absolute atomic E-state index is 0.229. The highest BCUT2D eigenvalue weighted by Crippen LogP contribution is 2.27. The summed E-state index contributed by atoms with van der Waals surface area (Å²) in [4.78, 5) is 19.4. The van der Waals surface area contributed by atoms with Crippen molar-refractivity contribution in [2.24, 2.45) is 0 Å². The average Bonchev–Trinajstić information content (AvgIpc) is 2.98. The molecule has 5 nitrogen and oxygen atoms in total. The third kappa shape index (κ3) is 3.74. The molecule has 0 spiro atoms. The molecule has 1 amide bonds. The lowest BCUT2D eigenvalue weighted by Gasteiger charge is -2.39. The summed E-state index contributed by atoms with van der Waals surface area (Å²) >= 11 is 0. The molecule has 2 aliphatic heterocycles. The summed E-state index contributed by atoms with van der Waals surface area (Å²) in [7, 11) is 1.74. The zero-order chi connectivity index (χ0) is 16.2. The van der Waals surface area contributed by atoms with Crippen molar-refractivity contribution < 1.29 is 9.53 Å². The molecular weight excluding hydrogens is 290 g/mol. The van der Waals surface area contributed by atoms with E-state index in [9.17, 15) is 4.79 Å². The van der Waals surface area contributed by atoms with Crippen molar-refractivity contribution in [2.45, 2.75) is 19.4 Å². The first-order valence-electron chi connectivity index (χ1n) is 8.52. The van der Waals surface area contributed by atoms with E-state index in [4.69, 9.17) is 4.74 Å². The predicted octanol–water partition coefficient (Wildman–Crippen LogP) is 1.23. The van der Waals surface area contributed by atoms with Crippen LogP contribution in [0.15, 0.2) is 24.3 Å². The standard InChI is InChI=1S/C18H27N3O2/c1-15-13-19(9-10-20(15)11-12-23-2)14-18(22)21-8-7-16-5-3-4-6-17(16)21/h3-6,15H,7-14H2,1-2H3. The maximum atomic E-state index is 12.7. The van der Waals surface area contributed by atoms with Crippen LogP contribution in [-0.2, 0) is 16.0 Å². The van der Waals surface area contributed by atoms with Crippen LogP contribution >= 0.6 is 0 Å². The first-order valence-corrected chi connectivity index (χ1v) is 8.52. The molecule has 2 heterocycles. The normalized spacial score (nSPS) is 22.3. The highest BCUT2D eigenvalue weighted by molar-refractivity contribution is 5.96. The number of nitrogens with zero attached hydrogens (tertiary/aromatic N) is 3. The lowest BCUT2D eigenvalue weighted by molar-refractivity contribution is -0.120. The minimum Gasteiger partial charge on any atom is -0.383 e. The van der Waals surface area contributed by atoms with Gasteiger partial charge in [-0.3, -0.25) is 14.6 Å². The Kier molecular flexibility index (Phi) is 5.30. The molecule has 3 rings (SSSR count). The molecule has 126 valence electrons. The smallest absolute Gasteiger partial charge is 0.241 e. The van der Waals surface area contributed by atoms with E-state index in [2.05, 4.69) is 28.9 Å². The SMILES string of the molecule is COCCN1CCN(CC(=O)N2CCc3ccccc32)CC1C. The van der Waals surface area contributed by atoms with Gasteiger partial charge in [-0.15, -0.1) is 0 Å². The number of ether oxygens (including phenoxy) is 1. The van der Waals surface area contributed by atoms with Crippen molar-refractivity contribution in [3.05, 3.63) is 29.8 Å². The monoisotopic (exact) mass is 317 g/mol. The van der Waals surface area contributed by atoms with Crippen molar-refractivity contribution in [1.82, 2.24) is 9.80 Å². The van der Waals surface area contributed by atoms with Gasteiger partial charge in [0.05, 0.1) is 13.2 Å². The number of carbonyl (C=O) groups is 1. The van der Waals surface area contributed by atoms with Crippen LogP contribution in [0, 0.1) is 0 Å². The summed E-state index contributed by atoms with van der Waals surface area (Å²) in [6.07, 6.45) is 0.975. The quantitative estimate of drug-likeness (QED) is 0.818. The Bertz CT molecular complexity index is 549. The lowest BCUT2D eigenvalue weighted by Crippen LogP contribution is -2.54. The molecule has 0 bridgehead atoms. The van der Waals surface area contributed by atoms with Crippen molar-refractivity contribution in [3.8, 4) is 0 Å². The van der Waals surface area contributed by atoms with Gasteiger partial charge in [0.25, 0.3) is 0 Å². The molecule has 1 atom stereocenters. The van der Waals surface area contributed by atoms with E-state index < -0.39 is 0 Å². The van der Waals surface area contributed by atoms with Crippen LogP contribution in [0.4, 0.5) is 5.69 Å². The van der Waals surface area contributed by atoms with Crippen LogP contribution in [0.5, 0.6) is 0 Å². The Hall–Kier alpha value is -1.43. The first kappa shape index (κ1) is 16.4. The summed E-state index contributed by atoms with van der Waals surface area (Å²) in [6, 6.07) is 8.72. The maximum absolute atomic E-state index is 12.7. The number of carbonyl (C=O) groups excluding carboxylic acids is 1. The molecule has 1 aromatic carbocycles. The number of hydrogen-bond acceptors (Lipinski definition) is 4. The second kappa shape index (κ2) is 7.43. The van der Waals surface area contributed by atoms with E-state index in [1.807, 2.05) is 17.0 Å². The van der Waals surface area contributed by atoms with Crippen LogP contribution in [-0.4, -0.2) is 74.7 Å². The van der Waals surface area contributed by atoms with E-state index in [-0.39, 0.29) is 5.91 Å². The summed E-state index contributed by atoms with van der Waals surface area (Å²) < 4.78 is 5.17. The predicted molar refractivity (Wildman–Crippen MR) is 91.9 cm³/mol. The number of benzene rings is 1. The zero-order valence-electron chi connectivity index (χ0n) is 14.2. The molecule has 23 heavy (non-hydrogen) atoms. The number of methoxy groups -OCH3 is 1. The molecule has 1 aromatic rings. The second-order valence-corrected chi connectivity index (χ2v) is 6.54. The summed E-state index contributed by atoms with van der Waals surface area (Å²) in [5.41, 5.74) is 2.39. The average molecular weight is 317 g/mol. The molecule has 1 saturated heterocycles. The van der Waals surface area contributed by atoms with Crippen molar-refractivity contribution >= 4 is 11.6 Å². The summed E-state index contributed by atoms with van der Waals surface area (Å²) in [5.74, 6) is 0.229. The fraction of sp³-hybridized carbons (Fsp3) is 0.611. The molecule has 1 unspecified atom stereocenters. The van der Waals surface area contributed by atoms with Gasteiger partial charge in [0.1, 0.15) is 0 Å². The number of rotatable bonds is 5. The van der Waals surface area contributed by atoms with Crippen LogP contribution in [0.25, 0.3) is 0 Å². The highest BCUT2D eigenvalue weighted by Gasteiger charge is 2.28. The van der Waals surface area contributed by atoms with Gasteiger partial charge >= 0.3 is 0 Å². The lowest BCUT2D eigenvalue weighted by atomic mass is 10.2. The van der Waals surface area contributed by atoms with Gasteiger partial charge < -0.3 is 9.64 Å². The molecule has 0 aromatic heterocycles. The third-order valence-corrected chi connectivity index (χ3v) is 4.98. The van der Waals surface area contributed by atoms with Crippen LogP contribution in [0.2, 0.25) is 0 Å². The molecule has 0 aliphatic carbocycles. The molecule has 0 N–H and O–H groups in total. The Balaban J connectivity index is 1.54. The minimum atomic E-state index is 0.229. The highest BCUT2D eigenvalue weighted by atomic mass is 16.5. The third-order valence-electron chi connectivity index (χ3n) is 4.98. The van der Waals surface area contributed by atoms with Crippen LogP contribution in [0.3, 0.4) is 0 Å². The number of amides is 1. The number of anilines is 1. The van der Waals surface area contributed by atoms with Gasteiger partial charge in [-0.1, -0.05) is 18.2 Å². The van der Waals surface area contributed by atoms with E-state index in [1.54, 1.807) is 7.11 Å². The van der Waals surface area contributed by atoms with Gasteiger partial charge in [-0.05, 0) is 25.0 Å². The van der Waals surface area contributed by atoms with Gasteiger partial charge in [-0.25, -0.2) is 0 Å². The van der Waals surface area contributed by atoms with Crippen molar-refractivity contribution in [1.29, 1.82) is 0 Å². The summed E-state index contributed by atoms with van der Waals surface area (Å²) in [6.45, 7) is 8.23. The van der Waals surface area contributed by atoms with Gasteiger partial charge in [-0.2, -0.15) is 0 Å². The Morgan fingerprint density at radius 2 is 2.09 bits per heavy atom. The second-order valence-electron chi connectivity index (χ2n) is 6.54. The van der Waals surface area contributed by atoms with Gasteiger partial charge in [0.2, 0.25) is 5.91 Å². The van der Waals surface area contributed by atoms with Crippen molar-refractivity contribution in [3.63, 3.8) is 0 Å². The molecule has 1 fully saturated rings. The van der Waals surface area contributed by atoms with E-state index >= 15 is 0 Å². The first-order chi connectivity index (χ1) is 11.2. The zero-order valence-corrected chi connectivity index (χ0v) is 14.2. The molecule has 0 saturated carbocycles. The van der Waals surface area contributed by atoms with E-state index in [1.165, 1.54) is 5.56 Å². The number of para-hydroxylation sites is 1. The Morgan fingerprint density at radius 1 is 1.26 bits per heavy atom. The summed E-state index contributed by atoms with van der Waals surface area (Å²) in [5, 5.41) is 0. The van der Waals surface area contributed by atoms with Crippen molar-refractivity contribution in [2.75, 3.05) is 57.9 Å². The molecule has 0 radical (unpaired) electrons. The Labute approximate surface area is 138 Å². The number of piperazine rings is 1. The molecular formula is C18H27N3O2. The fourth-order valence-corrected chi connectivity index (χ4v) is 3.63. The fourth-order valence-electron chi connectivity index (χ4n) is 3.63. The van der Waals surface area contributed by atoms with E-state index in [0.717, 1.165) is 51.4 Å².